The monoisotopic (exact) mass is 243 g/mol. The van der Waals surface area contributed by atoms with Crippen LogP contribution in [0.15, 0.2) is 0 Å². The van der Waals surface area contributed by atoms with Gasteiger partial charge in [0.2, 0.25) is 0 Å². The van der Waals surface area contributed by atoms with Crippen molar-refractivity contribution >= 4 is 12.0 Å². The number of esters is 1. The second kappa shape index (κ2) is 7.11. The highest BCUT2D eigenvalue weighted by Crippen LogP contribution is 1.99. The molecule has 1 rings (SSSR count). The minimum absolute atomic E-state index is 0.00835. The van der Waals surface area contributed by atoms with Gasteiger partial charge in [-0.2, -0.15) is 0 Å². The maximum atomic E-state index is 11.3. The number of nitrogens with one attached hydrogen (secondary N) is 1. The van der Waals surface area contributed by atoms with Gasteiger partial charge in [-0.1, -0.05) is 6.92 Å². The summed E-state index contributed by atoms with van der Waals surface area (Å²) < 4.78 is 4.60. The Morgan fingerprint density at radius 1 is 1.53 bits per heavy atom. The van der Waals surface area contributed by atoms with Crippen LogP contribution in [0.4, 0.5) is 4.79 Å². The van der Waals surface area contributed by atoms with Crippen LogP contribution in [0.5, 0.6) is 0 Å². The number of hydrogen-bond donors (Lipinski definition) is 1. The molecule has 1 fully saturated rings. The molecule has 0 aromatic rings. The van der Waals surface area contributed by atoms with E-state index in [4.69, 9.17) is 0 Å². The normalized spacial score (nSPS) is 15.2. The molecular weight excluding hydrogens is 222 g/mol. The van der Waals surface area contributed by atoms with Gasteiger partial charge in [0.25, 0.3) is 0 Å². The number of carbonyl (C=O) groups is 2. The minimum Gasteiger partial charge on any atom is -0.469 e. The number of rotatable bonds is 7. The van der Waals surface area contributed by atoms with Crippen molar-refractivity contribution in [3.05, 3.63) is 0 Å². The second-order valence-corrected chi connectivity index (χ2v) is 3.98. The molecular formula is C11H21N3O3. The van der Waals surface area contributed by atoms with Gasteiger partial charge in [-0.3, -0.25) is 4.79 Å². The highest BCUT2D eigenvalue weighted by Gasteiger charge is 2.19. The molecule has 6 nitrogen and oxygen atoms in total. The van der Waals surface area contributed by atoms with E-state index >= 15 is 0 Å². The van der Waals surface area contributed by atoms with E-state index in [0.717, 1.165) is 26.2 Å². The maximum Gasteiger partial charge on any atom is 0.317 e. The first-order chi connectivity index (χ1) is 8.17. The fraction of sp³-hybridized carbons (Fsp3) is 0.818. The number of hydrogen-bond acceptors (Lipinski definition) is 4. The molecule has 0 aromatic heterocycles. The first-order valence-electron chi connectivity index (χ1n) is 5.99. The first kappa shape index (κ1) is 13.8. The average Bonchev–Trinajstić information content (AvgIpc) is 2.75. The quantitative estimate of drug-likeness (QED) is 0.634. The third kappa shape index (κ3) is 4.60. The molecule has 0 aliphatic carbocycles. The molecule has 1 N–H and O–H groups in total. The summed E-state index contributed by atoms with van der Waals surface area (Å²) in [4.78, 5) is 26.3. The van der Waals surface area contributed by atoms with Crippen molar-refractivity contribution in [2.45, 2.75) is 13.3 Å². The van der Waals surface area contributed by atoms with Crippen LogP contribution in [0.2, 0.25) is 0 Å². The minimum atomic E-state index is -0.192. The van der Waals surface area contributed by atoms with Gasteiger partial charge in [0.1, 0.15) is 0 Å². The largest absolute Gasteiger partial charge is 0.469 e. The molecule has 6 heteroatoms. The van der Waals surface area contributed by atoms with E-state index in [9.17, 15) is 9.59 Å². The van der Waals surface area contributed by atoms with E-state index in [1.165, 1.54) is 7.11 Å². The average molecular weight is 243 g/mol. The molecule has 0 atom stereocenters. The Kier molecular flexibility index (Phi) is 5.76. The summed E-state index contributed by atoms with van der Waals surface area (Å²) in [5.74, 6) is -0.192. The maximum absolute atomic E-state index is 11.3. The van der Waals surface area contributed by atoms with E-state index < -0.39 is 0 Å². The van der Waals surface area contributed by atoms with Gasteiger partial charge in [0, 0.05) is 32.7 Å². The molecule has 98 valence electrons. The van der Waals surface area contributed by atoms with Gasteiger partial charge >= 0.3 is 12.0 Å². The molecule has 0 aromatic carbocycles. The van der Waals surface area contributed by atoms with Crippen LogP contribution < -0.4 is 5.32 Å². The van der Waals surface area contributed by atoms with Gasteiger partial charge < -0.3 is 19.9 Å². The lowest BCUT2D eigenvalue weighted by molar-refractivity contribution is -0.140. The van der Waals surface area contributed by atoms with Crippen molar-refractivity contribution in [2.24, 2.45) is 0 Å². The van der Waals surface area contributed by atoms with Crippen molar-refractivity contribution in [3.63, 3.8) is 0 Å². The lowest BCUT2D eigenvalue weighted by Gasteiger charge is -2.23. The number of ether oxygens (including phenoxy) is 1. The molecule has 1 saturated heterocycles. The van der Waals surface area contributed by atoms with Crippen LogP contribution in [0.3, 0.4) is 0 Å². The Bertz CT molecular complexity index is 271. The van der Waals surface area contributed by atoms with Crippen LogP contribution in [0.1, 0.15) is 13.3 Å². The van der Waals surface area contributed by atoms with E-state index in [1.54, 1.807) is 4.90 Å². The smallest absolute Gasteiger partial charge is 0.317 e. The third-order valence-electron chi connectivity index (χ3n) is 2.94. The molecule has 0 unspecified atom stereocenters. The Balaban J connectivity index is 2.22. The molecule has 2 amide bonds. The van der Waals surface area contributed by atoms with Gasteiger partial charge in [0.15, 0.2) is 0 Å². The zero-order chi connectivity index (χ0) is 12.7. The number of likely N-dealkylation sites (N-methyl/N-ethyl adjacent to an activating group) is 1. The second-order valence-electron chi connectivity index (χ2n) is 3.98. The number of urea groups is 1. The summed E-state index contributed by atoms with van der Waals surface area (Å²) >= 11 is 0. The van der Waals surface area contributed by atoms with Crippen LogP contribution in [0, 0.1) is 0 Å². The summed E-state index contributed by atoms with van der Waals surface area (Å²) in [6.07, 6.45) is 0.399. The van der Waals surface area contributed by atoms with Gasteiger partial charge in [-0.25, -0.2) is 4.79 Å². The number of nitrogens with zero attached hydrogens (tertiary/aromatic N) is 2. The molecule has 1 heterocycles. The van der Waals surface area contributed by atoms with E-state index in [1.807, 2.05) is 6.92 Å². The van der Waals surface area contributed by atoms with Gasteiger partial charge in [-0.15, -0.1) is 0 Å². The molecule has 1 aliphatic heterocycles. The van der Waals surface area contributed by atoms with Gasteiger partial charge in [-0.05, 0) is 6.54 Å². The Labute approximate surface area is 102 Å². The predicted molar refractivity (Wildman–Crippen MR) is 63.7 cm³/mol. The summed E-state index contributed by atoms with van der Waals surface area (Å²) in [6.45, 7) is 6.59. The first-order valence-corrected chi connectivity index (χ1v) is 5.99. The number of amides is 2. The summed E-state index contributed by atoms with van der Waals surface area (Å²) in [5, 5.41) is 2.77. The van der Waals surface area contributed by atoms with Crippen molar-refractivity contribution in [3.8, 4) is 0 Å². The highest BCUT2D eigenvalue weighted by molar-refractivity contribution is 5.76. The molecule has 0 spiro atoms. The Morgan fingerprint density at radius 2 is 2.29 bits per heavy atom. The standard InChI is InChI=1S/C11H21N3O3/c1-3-13(6-4-10(15)17-2)8-9-14-7-5-12-11(14)16/h3-9H2,1-2H3,(H,12,16). The lowest BCUT2D eigenvalue weighted by Crippen LogP contribution is -2.37. The fourth-order valence-corrected chi connectivity index (χ4v) is 1.77. The fourth-order valence-electron chi connectivity index (χ4n) is 1.77. The molecule has 0 radical (unpaired) electrons. The molecule has 17 heavy (non-hydrogen) atoms. The zero-order valence-electron chi connectivity index (χ0n) is 10.6. The van der Waals surface area contributed by atoms with Crippen molar-refractivity contribution in [1.29, 1.82) is 0 Å². The summed E-state index contributed by atoms with van der Waals surface area (Å²) in [7, 11) is 1.40. The van der Waals surface area contributed by atoms with Crippen LogP contribution >= 0.6 is 0 Å². The molecule has 1 aliphatic rings. The zero-order valence-corrected chi connectivity index (χ0v) is 10.6. The third-order valence-corrected chi connectivity index (χ3v) is 2.94. The summed E-state index contributed by atoms with van der Waals surface area (Å²) in [6, 6.07) is 0.00835. The SMILES string of the molecule is CCN(CCC(=O)OC)CCN1CCNC1=O. The van der Waals surface area contributed by atoms with Crippen molar-refractivity contribution in [2.75, 3.05) is 46.4 Å². The predicted octanol–water partition coefficient (Wildman–Crippen LogP) is -0.103. The van der Waals surface area contributed by atoms with E-state index in [2.05, 4.69) is 15.0 Å². The Morgan fingerprint density at radius 3 is 2.82 bits per heavy atom. The summed E-state index contributed by atoms with van der Waals surface area (Å²) in [5.41, 5.74) is 0. The van der Waals surface area contributed by atoms with Gasteiger partial charge in [0.05, 0.1) is 13.5 Å². The Hall–Kier alpha value is -1.30. The molecule has 0 bridgehead atoms. The van der Waals surface area contributed by atoms with Crippen LogP contribution in [-0.4, -0.2) is 68.2 Å². The topological polar surface area (TPSA) is 61.9 Å². The number of carbonyl (C=O) groups excluding carboxylic acids is 2. The van der Waals surface area contributed by atoms with E-state index in [-0.39, 0.29) is 12.0 Å². The van der Waals surface area contributed by atoms with Crippen molar-refractivity contribution in [1.82, 2.24) is 15.1 Å². The molecule has 0 saturated carbocycles. The lowest BCUT2D eigenvalue weighted by atomic mass is 10.3. The van der Waals surface area contributed by atoms with Crippen LogP contribution in [-0.2, 0) is 9.53 Å². The highest BCUT2D eigenvalue weighted by atomic mass is 16.5. The number of methoxy groups -OCH3 is 1. The van der Waals surface area contributed by atoms with Crippen LogP contribution in [0.25, 0.3) is 0 Å². The van der Waals surface area contributed by atoms with Crippen molar-refractivity contribution < 1.29 is 14.3 Å². The van der Waals surface area contributed by atoms with E-state index in [0.29, 0.717) is 19.5 Å².